The zero-order chi connectivity index (χ0) is 28.0. The number of benzene rings is 1. The first kappa shape index (κ1) is 26.5. The second-order valence-electron chi connectivity index (χ2n) is 12.0. The molecular weight excluding hydrogens is 507 g/mol. The van der Waals surface area contributed by atoms with Crippen LogP contribution in [0.3, 0.4) is 0 Å². The van der Waals surface area contributed by atoms with Gasteiger partial charge in [0.2, 0.25) is 5.91 Å². The third-order valence-corrected chi connectivity index (χ3v) is 8.32. The molecule has 9 heteroatoms. The minimum atomic E-state index is -0.267. The van der Waals surface area contributed by atoms with E-state index in [2.05, 4.69) is 42.0 Å². The van der Waals surface area contributed by atoms with E-state index < -0.39 is 0 Å². The number of carbonyl (C=O) groups is 2. The maximum atomic E-state index is 13.9. The Kier molecular flexibility index (Phi) is 6.88. The fraction of sp³-hybridized carbons (Fsp3) is 0.419. The number of halogens is 1. The number of amides is 2. The quantitative estimate of drug-likeness (QED) is 0.516. The molecule has 0 radical (unpaired) electrons. The Morgan fingerprint density at radius 1 is 1.15 bits per heavy atom. The summed E-state index contributed by atoms with van der Waals surface area (Å²) in [6.45, 7) is 9.74. The van der Waals surface area contributed by atoms with Gasteiger partial charge >= 0.3 is 0 Å². The maximum Gasteiger partial charge on any atom is 0.256 e. The SMILES string of the molecule is CC1CN(CC(=O)N2CC(C)(C)c3ncc(Cc4ccc(F)cc4)cc32)[C@@H](CN2Cc3ccncc3C2=O)CN1. The van der Waals surface area contributed by atoms with Gasteiger partial charge in [0.05, 0.1) is 23.5 Å². The van der Waals surface area contributed by atoms with Gasteiger partial charge < -0.3 is 15.1 Å². The average molecular weight is 543 g/mol. The van der Waals surface area contributed by atoms with E-state index in [9.17, 15) is 14.0 Å². The van der Waals surface area contributed by atoms with E-state index >= 15 is 0 Å². The molecule has 1 aromatic carbocycles. The minimum absolute atomic E-state index is 0.00276. The van der Waals surface area contributed by atoms with Crippen molar-refractivity contribution in [2.45, 2.75) is 51.2 Å². The van der Waals surface area contributed by atoms with Crippen LogP contribution in [0.1, 0.15) is 53.5 Å². The molecular formula is C31H35FN6O2. The highest BCUT2D eigenvalue weighted by Crippen LogP contribution is 2.40. The highest BCUT2D eigenvalue weighted by molar-refractivity contribution is 5.98. The Labute approximate surface area is 234 Å². The highest BCUT2D eigenvalue weighted by Gasteiger charge is 2.41. The zero-order valence-corrected chi connectivity index (χ0v) is 23.2. The van der Waals surface area contributed by atoms with Crippen LogP contribution in [-0.4, -0.2) is 76.4 Å². The van der Waals surface area contributed by atoms with Crippen molar-refractivity contribution in [3.8, 4) is 0 Å². The lowest BCUT2D eigenvalue weighted by Gasteiger charge is -2.41. The van der Waals surface area contributed by atoms with E-state index in [0.717, 1.165) is 34.6 Å². The molecule has 3 aliphatic rings. The summed E-state index contributed by atoms with van der Waals surface area (Å²) in [7, 11) is 0. The predicted octanol–water partition coefficient (Wildman–Crippen LogP) is 3.15. The topological polar surface area (TPSA) is 81.7 Å². The van der Waals surface area contributed by atoms with E-state index in [4.69, 9.17) is 4.98 Å². The lowest BCUT2D eigenvalue weighted by atomic mass is 9.91. The van der Waals surface area contributed by atoms with Gasteiger partial charge in [0.1, 0.15) is 5.82 Å². The Morgan fingerprint density at radius 2 is 1.95 bits per heavy atom. The Bertz CT molecular complexity index is 1440. The van der Waals surface area contributed by atoms with Crippen LogP contribution in [0.25, 0.3) is 0 Å². The number of piperazine rings is 1. The number of hydrogen-bond acceptors (Lipinski definition) is 6. The van der Waals surface area contributed by atoms with E-state index in [0.29, 0.717) is 38.2 Å². The highest BCUT2D eigenvalue weighted by atomic mass is 19.1. The maximum absolute atomic E-state index is 13.9. The molecule has 0 bridgehead atoms. The molecule has 2 atom stereocenters. The van der Waals surface area contributed by atoms with Crippen LogP contribution >= 0.6 is 0 Å². The summed E-state index contributed by atoms with van der Waals surface area (Å²) in [5.41, 5.74) is 5.15. The Hall–Kier alpha value is -3.69. The van der Waals surface area contributed by atoms with Crippen molar-refractivity contribution >= 4 is 17.5 Å². The number of anilines is 1. The van der Waals surface area contributed by atoms with Crippen LogP contribution in [0.5, 0.6) is 0 Å². The lowest BCUT2D eigenvalue weighted by Crippen LogP contribution is -2.60. The van der Waals surface area contributed by atoms with Crippen molar-refractivity contribution in [3.63, 3.8) is 0 Å². The smallest absolute Gasteiger partial charge is 0.256 e. The number of nitrogens with one attached hydrogen (secondary N) is 1. The number of aromatic nitrogens is 2. The molecule has 0 spiro atoms. The summed E-state index contributed by atoms with van der Waals surface area (Å²) in [5, 5.41) is 3.53. The second-order valence-corrected chi connectivity index (χ2v) is 12.0. The van der Waals surface area contributed by atoms with E-state index in [1.807, 2.05) is 22.1 Å². The summed E-state index contributed by atoms with van der Waals surface area (Å²) >= 11 is 0. The largest absolute Gasteiger partial charge is 0.333 e. The van der Waals surface area contributed by atoms with Crippen LogP contribution in [0.2, 0.25) is 0 Å². The van der Waals surface area contributed by atoms with Crippen LogP contribution in [0.15, 0.2) is 55.0 Å². The van der Waals surface area contributed by atoms with E-state index in [1.54, 1.807) is 24.5 Å². The second kappa shape index (κ2) is 10.4. The van der Waals surface area contributed by atoms with Crippen LogP contribution in [-0.2, 0) is 23.2 Å². The van der Waals surface area contributed by atoms with Crippen molar-refractivity contribution in [2.24, 2.45) is 0 Å². The monoisotopic (exact) mass is 542 g/mol. The molecule has 0 saturated carbocycles. The molecule has 2 aromatic heterocycles. The number of hydrogen-bond donors (Lipinski definition) is 1. The van der Waals surface area contributed by atoms with Crippen molar-refractivity contribution in [1.29, 1.82) is 0 Å². The fourth-order valence-corrected chi connectivity index (χ4v) is 6.20. The van der Waals surface area contributed by atoms with Gasteiger partial charge in [0.15, 0.2) is 0 Å². The molecule has 1 N–H and O–H groups in total. The minimum Gasteiger partial charge on any atom is -0.333 e. The summed E-state index contributed by atoms with van der Waals surface area (Å²) in [4.78, 5) is 41.8. The Morgan fingerprint density at radius 3 is 2.73 bits per heavy atom. The zero-order valence-electron chi connectivity index (χ0n) is 23.2. The van der Waals surface area contributed by atoms with Crippen LogP contribution < -0.4 is 10.2 Å². The summed E-state index contributed by atoms with van der Waals surface area (Å²) < 4.78 is 13.4. The molecule has 0 aliphatic carbocycles. The van der Waals surface area contributed by atoms with Crippen LogP contribution in [0, 0.1) is 5.82 Å². The van der Waals surface area contributed by atoms with Gasteiger partial charge in [0.25, 0.3) is 5.91 Å². The third-order valence-electron chi connectivity index (χ3n) is 8.32. The standard InChI is InChI=1S/C31H35FN6O2/c1-20-15-36(25(13-34-20)17-37-16-23-8-9-33-14-26(23)30(37)40)18-28(39)38-19-31(2,3)29-27(38)11-22(12-35-29)10-21-4-6-24(32)7-5-21/h4-9,11-12,14,20,25,34H,10,13,15-19H2,1-3H3/t20?,25-/m1/s1. The lowest BCUT2D eigenvalue weighted by molar-refractivity contribution is -0.120. The van der Waals surface area contributed by atoms with Gasteiger partial charge in [-0.3, -0.25) is 24.5 Å². The number of pyridine rings is 2. The van der Waals surface area contributed by atoms with Crippen molar-refractivity contribution < 1.29 is 14.0 Å². The van der Waals surface area contributed by atoms with Gasteiger partial charge in [-0.15, -0.1) is 0 Å². The fourth-order valence-electron chi connectivity index (χ4n) is 6.20. The van der Waals surface area contributed by atoms with E-state index in [1.165, 1.54) is 12.1 Å². The molecule has 208 valence electrons. The van der Waals surface area contributed by atoms with Gasteiger partial charge in [-0.05, 0) is 54.3 Å². The molecule has 6 rings (SSSR count). The van der Waals surface area contributed by atoms with E-state index in [-0.39, 0.29) is 41.7 Å². The molecule has 1 unspecified atom stereocenters. The summed E-state index contributed by atoms with van der Waals surface area (Å²) in [6, 6.07) is 10.7. The third kappa shape index (κ3) is 5.11. The molecule has 1 fully saturated rings. The Balaban J connectivity index is 1.19. The van der Waals surface area contributed by atoms with Crippen molar-refractivity contribution in [1.82, 2.24) is 25.1 Å². The number of rotatable bonds is 6. The van der Waals surface area contributed by atoms with Crippen molar-refractivity contribution in [3.05, 3.63) is 88.8 Å². The molecule has 40 heavy (non-hydrogen) atoms. The normalized spacial score (nSPS) is 21.9. The molecule has 2 amide bonds. The van der Waals surface area contributed by atoms with Gasteiger partial charge in [0, 0.05) is 68.8 Å². The first-order chi connectivity index (χ1) is 19.2. The molecule has 1 saturated heterocycles. The van der Waals surface area contributed by atoms with Crippen LogP contribution in [0.4, 0.5) is 10.1 Å². The number of carbonyl (C=O) groups excluding carboxylic acids is 2. The first-order valence-electron chi connectivity index (χ1n) is 13.9. The van der Waals surface area contributed by atoms with Crippen molar-refractivity contribution in [2.75, 3.05) is 37.6 Å². The predicted molar refractivity (Wildman–Crippen MR) is 151 cm³/mol. The first-order valence-corrected chi connectivity index (χ1v) is 13.9. The number of fused-ring (bicyclic) bond motifs is 2. The molecule has 3 aliphatic heterocycles. The van der Waals surface area contributed by atoms with Gasteiger partial charge in [-0.1, -0.05) is 26.0 Å². The van der Waals surface area contributed by atoms with Gasteiger partial charge in [-0.25, -0.2) is 4.39 Å². The molecule has 3 aromatic rings. The number of nitrogens with zero attached hydrogens (tertiary/aromatic N) is 5. The summed E-state index contributed by atoms with van der Waals surface area (Å²) in [5.74, 6) is -0.222. The molecule has 5 heterocycles. The van der Waals surface area contributed by atoms with Gasteiger partial charge in [-0.2, -0.15) is 0 Å². The summed E-state index contributed by atoms with van der Waals surface area (Å²) in [6.07, 6.45) is 5.85. The molecule has 8 nitrogen and oxygen atoms in total. The average Bonchev–Trinajstić information content (AvgIpc) is 3.39.